The van der Waals surface area contributed by atoms with Crippen molar-refractivity contribution >= 4 is 38.7 Å². The van der Waals surface area contributed by atoms with Crippen LogP contribution in [0.3, 0.4) is 0 Å². The molecule has 5 rings (SSSR count). The molecule has 0 unspecified atom stereocenters. The first-order valence-corrected chi connectivity index (χ1v) is 21.4. The number of rotatable bonds is 12. The molecule has 1 fully saturated rings. The zero-order chi connectivity index (χ0) is 34.1. The van der Waals surface area contributed by atoms with Gasteiger partial charge in [-0.15, -0.1) is 0 Å². The number of hydrogen-bond donors (Lipinski definition) is 1. The van der Waals surface area contributed by atoms with Crippen LogP contribution in [0.2, 0.25) is 23.2 Å². The lowest BCUT2D eigenvalue weighted by molar-refractivity contribution is -0.125. The fraction of sp³-hybridized carbons (Fsp3) is 0.474. The van der Waals surface area contributed by atoms with E-state index in [-0.39, 0.29) is 23.8 Å². The number of carbonyl (C=O) groups excluding carboxylic acids is 1. The van der Waals surface area contributed by atoms with Crippen molar-refractivity contribution in [2.75, 3.05) is 13.7 Å². The molecule has 1 aliphatic carbocycles. The van der Waals surface area contributed by atoms with E-state index in [0.29, 0.717) is 11.6 Å². The largest absolute Gasteiger partial charge is 0.497 e. The summed E-state index contributed by atoms with van der Waals surface area (Å²) in [6.07, 6.45) is -1.71. The molecule has 0 saturated heterocycles. The van der Waals surface area contributed by atoms with Gasteiger partial charge in [0.1, 0.15) is 23.6 Å². The van der Waals surface area contributed by atoms with E-state index in [1.54, 1.807) is 7.11 Å². The number of aliphatic hydroxyl groups is 1. The number of hydrogen-bond acceptors (Lipinski definition) is 7. The van der Waals surface area contributed by atoms with Crippen molar-refractivity contribution in [3.8, 4) is 5.75 Å². The lowest BCUT2D eigenvalue weighted by atomic mass is 9.86. The highest BCUT2D eigenvalue weighted by atomic mass is 28.4. The molecule has 252 valence electrons. The van der Waals surface area contributed by atoms with Gasteiger partial charge in [0.25, 0.3) is 8.32 Å². The minimum atomic E-state index is -3.04. The van der Waals surface area contributed by atoms with Crippen LogP contribution in [0.15, 0.2) is 89.9 Å². The summed E-state index contributed by atoms with van der Waals surface area (Å²) in [6.45, 7) is 14.9. The number of ether oxygens (including phenoxy) is 2. The zero-order valence-electron chi connectivity index (χ0n) is 29.2. The molecule has 3 aromatic rings. The Balaban J connectivity index is 1.64. The summed E-state index contributed by atoms with van der Waals surface area (Å²) in [6, 6.07) is 30.7. The van der Waals surface area contributed by atoms with Crippen molar-refractivity contribution in [1.29, 1.82) is 0 Å². The molecule has 9 heteroatoms. The van der Waals surface area contributed by atoms with Crippen molar-refractivity contribution < 1.29 is 28.2 Å². The highest BCUT2D eigenvalue weighted by Gasteiger charge is 2.70. The van der Waals surface area contributed by atoms with Crippen LogP contribution in [0.1, 0.15) is 60.5 Å². The van der Waals surface area contributed by atoms with E-state index in [0.717, 1.165) is 34.1 Å². The van der Waals surface area contributed by atoms with E-state index < -0.39 is 40.0 Å². The van der Waals surface area contributed by atoms with Crippen LogP contribution in [0.4, 0.5) is 0 Å². The van der Waals surface area contributed by atoms with Crippen LogP contribution in [-0.4, -0.2) is 70.5 Å². The second kappa shape index (κ2) is 13.4. The highest BCUT2D eigenvalue weighted by Crippen LogP contribution is 2.49. The van der Waals surface area contributed by atoms with Crippen LogP contribution < -0.4 is 15.1 Å². The van der Waals surface area contributed by atoms with Gasteiger partial charge >= 0.3 is 0 Å². The van der Waals surface area contributed by atoms with E-state index in [1.165, 1.54) is 0 Å². The minimum absolute atomic E-state index is 0.0693. The third kappa shape index (κ3) is 6.06. The quantitative estimate of drug-likeness (QED) is 0.228. The molecular weight excluding hydrogens is 623 g/mol. The lowest BCUT2D eigenvalue weighted by Gasteiger charge is -2.46. The Morgan fingerprint density at radius 3 is 1.89 bits per heavy atom. The van der Waals surface area contributed by atoms with Crippen molar-refractivity contribution in [2.24, 2.45) is 4.99 Å². The first kappa shape index (κ1) is 35.2. The van der Waals surface area contributed by atoms with Crippen LogP contribution in [-0.2, 0) is 18.4 Å². The molecule has 3 aromatic carbocycles. The van der Waals surface area contributed by atoms with Gasteiger partial charge in [-0.3, -0.25) is 4.79 Å². The van der Waals surface area contributed by atoms with Gasteiger partial charge < -0.3 is 23.4 Å². The Morgan fingerprint density at radius 1 is 0.894 bits per heavy atom. The lowest BCUT2D eigenvalue weighted by Crippen LogP contribution is -2.69. The highest BCUT2D eigenvalue weighted by molar-refractivity contribution is 6.99. The van der Waals surface area contributed by atoms with E-state index in [9.17, 15) is 9.90 Å². The minimum Gasteiger partial charge on any atom is -0.497 e. The number of aliphatic imine (C=N–C) groups is 1. The van der Waals surface area contributed by atoms with E-state index in [4.69, 9.17) is 23.3 Å². The predicted molar refractivity (Wildman–Crippen MR) is 193 cm³/mol. The van der Waals surface area contributed by atoms with E-state index >= 15 is 0 Å². The summed E-state index contributed by atoms with van der Waals surface area (Å²) in [7, 11) is -3.79. The average Bonchev–Trinajstić information content (AvgIpc) is 3.53. The van der Waals surface area contributed by atoms with Gasteiger partial charge in [-0.1, -0.05) is 102 Å². The smallest absolute Gasteiger partial charge is 0.261 e. The molecule has 0 bridgehead atoms. The van der Waals surface area contributed by atoms with Gasteiger partial charge in [-0.25, -0.2) is 4.99 Å². The number of benzene rings is 3. The summed E-state index contributed by atoms with van der Waals surface area (Å²) in [5.74, 6) is 0.905. The number of nitrogens with zero attached hydrogens (tertiary/aromatic N) is 1. The maximum atomic E-state index is 14.4. The molecule has 1 heterocycles. The van der Waals surface area contributed by atoms with Gasteiger partial charge in [0, 0.05) is 12.0 Å². The normalized spacial score (nSPS) is 24.8. The Kier molecular flexibility index (Phi) is 10.1. The molecule has 1 N–H and O–H groups in total. The molecule has 0 aromatic heterocycles. The summed E-state index contributed by atoms with van der Waals surface area (Å²) >= 11 is 0. The predicted octanol–water partition coefficient (Wildman–Crippen LogP) is 6.27. The molecule has 2 aliphatic rings. The maximum Gasteiger partial charge on any atom is 0.261 e. The second-order valence-electron chi connectivity index (χ2n) is 14.1. The van der Waals surface area contributed by atoms with E-state index in [1.807, 2.05) is 67.6 Å². The van der Waals surface area contributed by atoms with Crippen LogP contribution in [0.5, 0.6) is 5.75 Å². The summed E-state index contributed by atoms with van der Waals surface area (Å²) in [5.41, 5.74) is -2.29. The molecular formula is C38H51NO6Si2. The molecule has 0 radical (unpaired) electrons. The molecule has 1 spiro atoms. The third-order valence-electron chi connectivity index (χ3n) is 10.6. The van der Waals surface area contributed by atoms with Gasteiger partial charge in [-0.05, 0) is 64.7 Å². The monoisotopic (exact) mass is 673 g/mol. The number of Topliss-reactive ketones (excluding diaryl/α,β-unsaturated/α-hetero) is 1. The molecule has 4 atom stereocenters. The van der Waals surface area contributed by atoms with Gasteiger partial charge in [0.15, 0.2) is 19.6 Å². The Morgan fingerprint density at radius 2 is 1.43 bits per heavy atom. The number of carbonyl (C=O) groups is 1. The Hall–Kier alpha value is -3.09. The molecule has 7 nitrogen and oxygen atoms in total. The molecule has 47 heavy (non-hydrogen) atoms. The summed E-state index contributed by atoms with van der Waals surface area (Å²) in [5, 5.41) is 14.8. The SMILES string of the molecule is CC[Si](CC)(CC)O[C@H]1[C@@](O)(CO[Si](c2ccccc2)(c2ccccc2)C(C)(C)C)CC(=O)[C@]12N=C(c1ccc(OC)cc1)O[C@H]2C. The van der Waals surface area contributed by atoms with Crippen molar-refractivity contribution in [3.05, 3.63) is 90.5 Å². The Labute approximate surface area is 282 Å². The second-order valence-corrected chi connectivity index (χ2v) is 23.2. The fourth-order valence-corrected chi connectivity index (χ4v) is 15.1. The van der Waals surface area contributed by atoms with Crippen LogP contribution in [0, 0.1) is 0 Å². The molecule has 1 aliphatic heterocycles. The van der Waals surface area contributed by atoms with Crippen molar-refractivity contribution in [3.63, 3.8) is 0 Å². The summed E-state index contributed by atoms with van der Waals surface area (Å²) < 4.78 is 26.2. The van der Waals surface area contributed by atoms with Crippen LogP contribution in [0.25, 0.3) is 0 Å². The molecule has 1 saturated carbocycles. The van der Waals surface area contributed by atoms with E-state index in [2.05, 4.69) is 65.8 Å². The van der Waals surface area contributed by atoms with Gasteiger partial charge in [0.2, 0.25) is 5.90 Å². The van der Waals surface area contributed by atoms with Gasteiger partial charge in [0.05, 0.1) is 13.7 Å². The first-order chi connectivity index (χ1) is 22.3. The van der Waals surface area contributed by atoms with Crippen LogP contribution >= 0.6 is 0 Å². The Bertz CT molecular complexity index is 1510. The van der Waals surface area contributed by atoms with Crippen molar-refractivity contribution in [2.45, 2.75) is 101 Å². The zero-order valence-corrected chi connectivity index (χ0v) is 31.2. The topological polar surface area (TPSA) is 86.6 Å². The maximum absolute atomic E-state index is 14.4. The standard InChI is InChI=1S/C38H51NO6Si2/c1-9-46(10-2,11-3)45-35-37(41,26-33(40)38(35)28(4)44-34(39-38)29-22-24-30(42-8)25-23-29)27-43-47(36(5,6)7,31-18-14-12-15-19-31)32-20-16-13-17-21-32/h12-25,28,35,41H,9-11,26-27H2,1-8H3/t28-,35-,37-,38-/m0/s1. The molecule has 0 amide bonds. The van der Waals surface area contributed by atoms with Crippen molar-refractivity contribution in [1.82, 2.24) is 0 Å². The number of methoxy groups -OCH3 is 1. The van der Waals surface area contributed by atoms with Gasteiger partial charge in [-0.2, -0.15) is 0 Å². The summed E-state index contributed by atoms with van der Waals surface area (Å²) in [4.78, 5) is 19.5. The first-order valence-electron chi connectivity index (χ1n) is 16.9. The third-order valence-corrected chi connectivity index (χ3v) is 20.2. The fourth-order valence-electron chi connectivity index (χ4n) is 7.61. The average molecular weight is 674 g/mol. The number of ketones is 1.